The predicted octanol–water partition coefficient (Wildman–Crippen LogP) is 2.94. The topological polar surface area (TPSA) is 35.6 Å². The molecule has 142 valence electrons. The molecule has 0 bridgehead atoms. The van der Waals surface area contributed by atoms with Gasteiger partial charge in [0.25, 0.3) is 0 Å². The molecule has 2 saturated heterocycles. The Morgan fingerprint density at radius 3 is 2.62 bits per heavy atom. The molecule has 4 nitrogen and oxygen atoms in total. The molecular weight excluding hydrogens is 322 g/mol. The maximum atomic E-state index is 11.7. The Labute approximate surface area is 157 Å². The second-order valence-electron chi connectivity index (χ2n) is 8.96. The largest absolute Gasteiger partial charge is 0.349 e. The first-order valence-corrected chi connectivity index (χ1v) is 10.3. The number of carbonyl (C=O) groups excluding carboxylic acids is 1. The van der Waals surface area contributed by atoms with Crippen LogP contribution in [0.1, 0.15) is 56.7 Å². The highest BCUT2D eigenvalue weighted by Crippen LogP contribution is 2.51. The molecule has 1 aliphatic carbocycles. The molecule has 4 heteroatoms. The molecule has 4 rings (SSSR count). The van der Waals surface area contributed by atoms with Crippen molar-refractivity contribution >= 4 is 5.91 Å². The Balaban J connectivity index is 1.49. The zero-order valence-corrected chi connectivity index (χ0v) is 16.5. The number of nitrogens with zero attached hydrogens (tertiary/aromatic N) is 2. The van der Waals surface area contributed by atoms with E-state index in [0.717, 1.165) is 18.4 Å². The molecule has 1 aromatic rings. The first-order chi connectivity index (χ1) is 12.5. The summed E-state index contributed by atoms with van der Waals surface area (Å²) >= 11 is 0. The Hall–Kier alpha value is -1.39. The predicted molar refractivity (Wildman–Crippen MR) is 105 cm³/mol. The van der Waals surface area contributed by atoms with Crippen LogP contribution in [0.4, 0.5) is 0 Å². The summed E-state index contributed by atoms with van der Waals surface area (Å²) in [5.41, 5.74) is 3.10. The Bertz CT molecular complexity index is 665. The molecule has 1 N–H and O–H groups in total. The zero-order valence-electron chi connectivity index (χ0n) is 16.5. The number of benzene rings is 1. The smallest absolute Gasteiger partial charge is 0.217 e. The quantitative estimate of drug-likeness (QED) is 0.886. The lowest BCUT2D eigenvalue weighted by Crippen LogP contribution is -2.53. The second-order valence-corrected chi connectivity index (χ2v) is 8.96. The lowest BCUT2D eigenvalue weighted by molar-refractivity contribution is -0.119. The maximum absolute atomic E-state index is 11.7. The van der Waals surface area contributed by atoms with Crippen molar-refractivity contribution in [1.82, 2.24) is 15.1 Å². The maximum Gasteiger partial charge on any atom is 0.217 e. The van der Waals surface area contributed by atoms with E-state index in [-0.39, 0.29) is 17.4 Å². The summed E-state index contributed by atoms with van der Waals surface area (Å²) in [6.07, 6.45) is 4.82. The van der Waals surface area contributed by atoms with Crippen molar-refractivity contribution in [3.05, 3.63) is 35.4 Å². The van der Waals surface area contributed by atoms with Crippen LogP contribution in [0, 0.1) is 5.92 Å². The molecule has 2 heterocycles. The minimum absolute atomic E-state index is 0.0828. The third kappa shape index (κ3) is 3.18. The van der Waals surface area contributed by atoms with Crippen LogP contribution in [0.5, 0.6) is 0 Å². The number of likely N-dealkylation sites (tertiary alicyclic amines) is 2. The van der Waals surface area contributed by atoms with Crippen molar-refractivity contribution in [2.24, 2.45) is 5.92 Å². The number of hydrogen-bond acceptors (Lipinski definition) is 3. The van der Waals surface area contributed by atoms with Crippen LogP contribution < -0.4 is 5.32 Å². The van der Waals surface area contributed by atoms with Gasteiger partial charge >= 0.3 is 0 Å². The fraction of sp³-hybridized carbons (Fsp3) is 0.682. The van der Waals surface area contributed by atoms with Gasteiger partial charge in [-0.05, 0) is 69.4 Å². The van der Waals surface area contributed by atoms with Gasteiger partial charge in [-0.1, -0.05) is 31.2 Å². The highest BCUT2D eigenvalue weighted by molar-refractivity contribution is 5.73. The summed E-state index contributed by atoms with van der Waals surface area (Å²) in [6.45, 7) is 8.89. The highest BCUT2D eigenvalue weighted by Gasteiger charge is 2.46. The number of nitrogens with one attached hydrogen (secondary N) is 1. The molecule has 2 unspecified atom stereocenters. The molecule has 2 aliphatic heterocycles. The van der Waals surface area contributed by atoms with Gasteiger partial charge in [0.05, 0.1) is 6.04 Å². The third-order valence-corrected chi connectivity index (χ3v) is 7.17. The number of rotatable bonds is 2. The number of hydrogen-bond donors (Lipinski definition) is 1. The third-order valence-electron chi connectivity index (χ3n) is 7.17. The van der Waals surface area contributed by atoms with E-state index in [1.807, 2.05) is 0 Å². The molecule has 0 aromatic heterocycles. The van der Waals surface area contributed by atoms with Crippen molar-refractivity contribution in [3.63, 3.8) is 0 Å². The molecule has 1 spiro atoms. The molecule has 1 aromatic carbocycles. The standard InChI is InChI=1S/C22H33N3O/c1-16-15-24(3)11-8-21(16)25-12-9-22(10-13-25)14-20(23-17(2)26)18-6-4-5-7-19(18)22/h4-7,16,20-21H,8-15H2,1-3H3,(H,23,26)/t16?,20-,21?/m0/s1. The van der Waals surface area contributed by atoms with Gasteiger partial charge in [0.1, 0.15) is 0 Å². The minimum Gasteiger partial charge on any atom is -0.349 e. The summed E-state index contributed by atoms with van der Waals surface area (Å²) in [5.74, 6) is 0.838. The monoisotopic (exact) mass is 355 g/mol. The summed E-state index contributed by atoms with van der Waals surface area (Å²) in [4.78, 5) is 16.9. The van der Waals surface area contributed by atoms with E-state index in [9.17, 15) is 4.79 Å². The summed E-state index contributed by atoms with van der Waals surface area (Å²) < 4.78 is 0. The summed E-state index contributed by atoms with van der Waals surface area (Å²) in [7, 11) is 2.25. The van der Waals surface area contributed by atoms with Crippen molar-refractivity contribution < 1.29 is 4.79 Å². The van der Waals surface area contributed by atoms with Crippen molar-refractivity contribution in [3.8, 4) is 0 Å². The van der Waals surface area contributed by atoms with Crippen LogP contribution in [-0.2, 0) is 10.2 Å². The van der Waals surface area contributed by atoms with E-state index in [1.165, 1.54) is 56.6 Å². The van der Waals surface area contributed by atoms with E-state index < -0.39 is 0 Å². The van der Waals surface area contributed by atoms with E-state index >= 15 is 0 Å². The van der Waals surface area contributed by atoms with Crippen molar-refractivity contribution in [1.29, 1.82) is 0 Å². The average molecular weight is 356 g/mol. The van der Waals surface area contributed by atoms with E-state index in [0.29, 0.717) is 0 Å². The van der Waals surface area contributed by atoms with Gasteiger partial charge in [0.2, 0.25) is 5.91 Å². The molecule has 26 heavy (non-hydrogen) atoms. The number of carbonyl (C=O) groups is 1. The van der Waals surface area contributed by atoms with Crippen LogP contribution >= 0.6 is 0 Å². The van der Waals surface area contributed by atoms with E-state index in [1.54, 1.807) is 6.92 Å². The molecular formula is C22H33N3O. The van der Waals surface area contributed by atoms with Crippen LogP contribution in [0.15, 0.2) is 24.3 Å². The number of piperidine rings is 2. The van der Waals surface area contributed by atoms with Gasteiger partial charge in [-0.3, -0.25) is 9.69 Å². The lowest BCUT2D eigenvalue weighted by atomic mass is 9.73. The van der Waals surface area contributed by atoms with Crippen molar-refractivity contribution in [2.75, 3.05) is 33.2 Å². The summed E-state index contributed by atoms with van der Waals surface area (Å²) in [5, 5.41) is 3.20. The van der Waals surface area contributed by atoms with E-state index in [4.69, 9.17) is 0 Å². The van der Waals surface area contributed by atoms with Gasteiger partial charge in [0, 0.05) is 24.9 Å². The first kappa shape index (κ1) is 18.0. The Kier molecular flexibility index (Phi) is 4.83. The number of amides is 1. The Morgan fingerprint density at radius 2 is 1.92 bits per heavy atom. The van der Waals surface area contributed by atoms with Crippen LogP contribution in [-0.4, -0.2) is 55.0 Å². The highest BCUT2D eigenvalue weighted by atomic mass is 16.1. The fourth-order valence-corrected chi connectivity index (χ4v) is 5.91. The second kappa shape index (κ2) is 6.97. The molecule has 2 fully saturated rings. The van der Waals surface area contributed by atoms with Crippen LogP contribution in [0.2, 0.25) is 0 Å². The van der Waals surface area contributed by atoms with E-state index in [2.05, 4.69) is 53.4 Å². The molecule has 1 amide bonds. The molecule has 0 radical (unpaired) electrons. The van der Waals surface area contributed by atoms with Crippen LogP contribution in [0.3, 0.4) is 0 Å². The molecule has 3 atom stereocenters. The van der Waals surface area contributed by atoms with Crippen molar-refractivity contribution in [2.45, 2.75) is 57.0 Å². The Morgan fingerprint density at radius 1 is 1.19 bits per heavy atom. The fourth-order valence-electron chi connectivity index (χ4n) is 5.91. The van der Waals surface area contributed by atoms with Crippen LogP contribution in [0.25, 0.3) is 0 Å². The number of fused-ring (bicyclic) bond motifs is 2. The van der Waals surface area contributed by atoms with Gasteiger partial charge in [-0.2, -0.15) is 0 Å². The molecule has 3 aliphatic rings. The molecule has 0 saturated carbocycles. The van der Waals surface area contributed by atoms with Gasteiger partial charge in [-0.25, -0.2) is 0 Å². The normalized spacial score (nSPS) is 31.7. The average Bonchev–Trinajstić information content (AvgIpc) is 2.89. The lowest BCUT2D eigenvalue weighted by Gasteiger charge is -2.47. The zero-order chi connectivity index (χ0) is 18.3. The SMILES string of the molecule is CC(=O)N[C@H]1CC2(CCN(C3CCN(C)CC3C)CC2)c2ccccc21. The summed E-state index contributed by atoms with van der Waals surface area (Å²) in [6, 6.07) is 9.74. The van der Waals surface area contributed by atoms with Gasteiger partial charge in [-0.15, -0.1) is 0 Å². The van der Waals surface area contributed by atoms with Gasteiger partial charge < -0.3 is 10.2 Å². The minimum atomic E-state index is 0.0828. The first-order valence-electron chi connectivity index (χ1n) is 10.3. The van der Waals surface area contributed by atoms with Gasteiger partial charge in [0.15, 0.2) is 0 Å².